The average Bonchev–Trinajstić information content (AvgIpc) is 2.58. The quantitative estimate of drug-likeness (QED) is 0.911. The van der Waals surface area contributed by atoms with Gasteiger partial charge in [-0.05, 0) is 25.5 Å². The molecule has 0 saturated carbocycles. The lowest BCUT2D eigenvalue weighted by Crippen LogP contribution is -2.35. The van der Waals surface area contributed by atoms with Crippen LogP contribution in [0.25, 0.3) is 0 Å². The molecule has 1 aliphatic heterocycles. The van der Waals surface area contributed by atoms with Gasteiger partial charge in [0.05, 0.1) is 0 Å². The van der Waals surface area contributed by atoms with Crippen LogP contribution in [0, 0.1) is 6.92 Å². The van der Waals surface area contributed by atoms with E-state index in [4.69, 9.17) is 0 Å². The summed E-state index contributed by atoms with van der Waals surface area (Å²) >= 11 is 4.13. The molecular formula is C13H20N2S2. The molecule has 1 atom stereocenters. The van der Waals surface area contributed by atoms with Crippen molar-refractivity contribution in [3.05, 3.63) is 29.6 Å². The molecule has 0 bridgehead atoms. The second-order valence-corrected chi connectivity index (χ2v) is 6.77. The lowest BCUT2D eigenvalue weighted by Gasteiger charge is -2.21. The summed E-state index contributed by atoms with van der Waals surface area (Å²) in [5.74, 6) is 5.06. The van der Waals surface area contributed by atoms with Gasteiger partial charge in [-0.3, -0.25) is 4.98 Å². The SMILES string of the molecule is Cc1ccc(C(C)NC2CSCCSC2)cn1. The van der Waals surface area contributed by atoms with Crippen LogP contribution in [0.1, 0.15) is 24.2 Å². The van der Waals surface area contributed by atoms with Gasteiger partial charge in [0, 0.05) is 47.0 Å². The van der Waals surface area contributed by atoms with E-state index in [1.54, 1.807) is 0 Å². The Morgan fingerprint density at radius 1 is 1.29 bits per heavy atom. The largest absolute Gasteiger partial charge is 0.306 e. The maximum Gasteiger partial charge on any atom is 0.0372 e. The number of nitrogens with one attached hydrogen (secondary N) is 1. The number of aryl methyl sites for hydroxylation is 1. The minimum atomic E-state index is 0.396. The molecule has 0 amide bonds. The van der Waals surface area contributed by atoms with Crippen LogP contribution in [-0.4, -0.2) is 34.0 Å². The number of nitrogens with zero attached hydrogens (tertiary/aromatic N) is 1. The molecule has 1 N–H and O–H groups in total. The van der Waals surface area contributed by atoms with E-state index in [0.717, 1.165) is 5.69 Å². The van der Waals surface area contributed by atoms with Crippen LogP contribution in [0.5, 0.6) is 0 Å². The van der Waals surface area contributed by atoms with Crippen molar-refractivity contribution in [2.75, 3.05) is 23.0 Å². The molecular weight excluding hydrogens is 248 g/mol. The van der Waals surface area contributed by atoms with Crippen molar-refractivity contribution in [2.45, 2.75) is 25.9 Å². The van der Waals surface area contributed by atoms with Crippen molar-refractivity contribution in [3.63, 3.8) is 0 Å². The lowest BCUT2D eigenvalue weighted by molar-refractivity contribution is 0.515. The maximum absolute atomic E-state index is 4.36. The molecule has 1 aromatic rings. The molecule has 94 valence electrons. The zero-order valence-electron chi connectivity index (χ0n) is 10.5. The first-order chi connectivity index (χ1) is 8.25. The number of thioether (sulfide) groups is 2. The Balaban J connectivity index is 1.91. The van der Waals surface area contributed by atoms with Gasteiger partial charge in [-0.25, -0.2) is 0 Å². The summed E-state index contributed by atoms with van der Waals surface area (Å²) in [4.78, 5) is 4.36. The van der Waals surface area contributed by atoms with Crippen molar-refractivity contribution >= 4 is 23.5 Å². The van der Waals surface area contributed by atoms with E-state index in [9.17, 15) is 0 Å². The second-order valence-electron chi connectivity index (χ2n) is 4.47. The molecule has 2 nitrogen and oxygen atoms in total. The zero-order valence-corrected chi connectivity index (χ0v) is 12.1. The Kier molecular flexibility index (Phi) is 5.19. The smallest absolute Gasteiger partial charge is 0.0372 e. The van der Waals surface area contributed by atoms with Gasteiger partial charge in [-0.15, -0.1) is 0 Å². The number of hydrogen-bond donors (Lipinski definition) is 1. The van der Waals surface area contributed by atoms with Gasteiger partial charge in [0.1, 0.15) is 0 Å². The molecule has 0 radical (unpaired) electrons. The molecule has 0 aliphatic carbocycles. The summed E-state index contributed by atoms with van der Waals surface area (Å²) < 4.78 is 0. The summed E-state index contributed by atoms with van der Waals surface area (Å²) in [6, 6.07) is 5.29. The third-order valence-corrected chi connectivity index (χ3v) is 5.45. The molecule has 1 unspecified atom stereocenters. The van der Waals surface area contributed by atoms with Gasteiger partial charge < -0.3 is 5.32 Å². The molecule has 17 heavy (non-hydrogen) atoms. The number of hydrogen-bond acceptors (Lipinski definition) is 4. The first kappa shape index (κ1) is 13.2. The van der Waals surface area contributed by atoms with Crippen LogP contribution < -0.4 is 5.32 Å². The third kappa shape index (κ3) is 4.19. The summed E-state index contributed by atoms with van der Waals surface area (Å²) in [5.41, 5.74) is 2.37. The van der Waals surface area contributed by atoms with E-state index < -0.39 is 0 Å². The summed E-state index contributed by atoms with van der Waals surface area (Å²) in [6.07, 6.45) is 1.99. The van der Waals surface area contributed by atoms with Crippen LogP contribution in [0.2, 0.25) is 0 Å². The first-order valence-corrected chi connectivity index (χ1v) is 8.41. The Labute approximate surface area is 112 Å². The molecule has 1 saturated heterocycles. The van der Waals surface area contributed by atoms with E-state index in [1.807, 2.05) is 13.1 Å². The van der Waals surface area contributed by atoms with Crippen LogP contribution in [0.4, 0.5) is 0 Å². The minimum absolute atomic E-state index is 0.396. The molecule has 0 aromatic carbocycles. The Bertz CT molecular complexity index is 332. The molecule has 4 heteroatoms. The van der Waals surface area contributed by atoms with Crippen LogP contribution in [0.3, 0.4) is 0 Å². The van der Waals surface area contributed by atoms with Crippen molar-refractivity contribution in [1.29, 1.82) is 0 Å². The Morgan fingerprint density at radius 3 is 2.59 bits per heavy atom. The summed E-state index contributed by atoms with van der Waals surface area (Å²) in [5, 5.41) is 3.71. The van der Waals surface area contributed by atoms with Crippen LogP contribution in [-0.2, 0) is 0 Å². The fraction of sp³-hybridized carbons (Fsp3) is 0.615. The molecule has 2 rings (SSSR count). The zero-order chi connectivity index (χ0) is 12.1. The average molecular weight is 268 g/mol. The summed E-state index contributed by atoms with van der Waals surface area (Å²) in [7, 11) is 0. The second kappa shape index (κ2) is 6.66. The maximum atomic E-state index is 4.36. The molecule has 1 aromatic heterocycles. The van der Waals surface area contributed by atoms with Crippen molar-refractivity contribution in [1.82, 2.24) is 10.3 Å². The van der Waals surface area contributed by atoms with Crippen LogP contribution >= 0.6 is 23.5 Å². The monoisotopic (exact) mass is 268 g/mol. The van der Waals surface area contributed by atoms with Gasteiger partial charge in [0.15, 0.2) is 0 Å². The highest BCUT2D eigenvalue weighted by atomic mass is 32.2. The normalized spacial score (nSPS) is 19.9. The predicted octanol–water partition coefficient (Wildman–Crippen LogP) is 2.89. The highest BCUT2D eigenvalue weighted by Crippen LogP contribution is 2.19. The number of pyridine rings is 1. The van der Waals surface area contributed by atoms with Gasteiger partial charge in [0.2, 0.25) is 0 Å². The Morgan fingerprint density at radius 2 is 2.00 bits per heavy atom. The van der Waals surface area contributed by atoms with E-state index >= 15 is 0 Å². The molecule has 1 aliphatic rings. The molecule has 0 spiro atoms. The van der Waals surface area contributed by atoms with Gasteiger partial charge >= 0.3 is 0 Å². The van der Waals surface area contributed by atoms with Gasteiger partial charge in [-0.2, -0.15) is 23.5 Å². The number of rotatable bonds is 3. The molecule has 2 heterocycles. The fourth-order valence-corrected chi connectivity index (χ4v) is 4.32. The highest BCUT2D eigenvalue weighted by molar-refractivity contribution is 8.03. The highest BCUT2D eigenvalue weighted by Gasteiger charge is 2.15. The third-order valence-electron chi connectivity index (χ3n) is 2.93. The minimum Gasteiger partial charge on any atom is -0.306 e. The Hall–Kier alpha value is -0.190. The van der Waals surface area contributed by atoms with Crippen molar-refractivity contribution in [2.24, 2.45) is 0 Å². The van der Waals surface area contributed by atoms with E-state index in [2.05, 4.69) is 52.9 Å². The van der Waals surface area contributed by atoms with E-state index in [0.29, 0.717) is 12.1 Å². The van der Waals surface area contributed by atoms with Gasteiger partial charge in [0.25, 0.3) is 0 Å². The van der Waals surface area contributed by atoms with Crippen molar-refractivity contribution < 1.29 is 0 Å². The van der Waals surface area contributed by atoms with E-state index in [1.165, 1.54) is 28.6 Å². The number of aromatic nitrogens is 1. The first-order valence-electron chi connectivity index (χ1n) is 6.10. The predicted molar refractivity (Wildman–Crippen MR) is 79.0 cm³/mol. The fourth-order valence-electron chi connectivity index (χ4n) is 1.90. The van der Waals surface area contributed by atoms with Crippen molar-refractivity contribution in [3.8, 4) is 0 Å². The topological polar surface area (TPSA) is 24.9 Å². The lowest BCUT2D eigenvalue weighted by atomic mass is 10.1. The van der Waals surface area contributed by atoms with E-state index in [-0.39, 0.29) is 0 Å². The van der Waals surface area contributed by atoms with Gasteiger partial charge in [-0.1, -0.05) is 6.07 Å². The standard InChI is InChI=1S/C13H20N2S2/c1-10-3-4-12(7-14-10)11(2)15-13-8-16-5-6-17-9-13/h3-4,7,11,13,15H,5-6,8-9H2,1-2H3. The summed E-state index contributed by atoms with van der Waals surface area (Å²) in [6.45, 7) is 4.26. The molecule has 1 fully saturated rings. The van der Waals surface area contributed by atoms with Crippen LogP contribution in [0.15, 0.2) is 18.3 Å².